The third-order valence-electron chi connectivity index (χ3n) is 3.69. The number of para-hydroxylation sites is 2. The van der Waals surface area contributed by atoms with Gasteiger partial charge in [-0.3, -0.25) is 4.98 Å². The number of nitrogens with zero attached hydrogens (tertiary/aromatic N) is 1. The minimum absolute atomic E-state index is 0.0659. The zero-order valence-electron chi connectivity index (χ0n) is 16.5. The lowest BCUT2D eigenvalue weighted by molar-refractivity contribution is -0.137. The fourth-order valence-electron chi connectivity index (χ4n) is 2.30. The SMILES string of the molecule is CCOC(=O)/C(=C\N/C(=C/Nc1ccccc1OC)C(=O)OC)c1ccccn1. The third kappa shape index (κ3) is 6.10. The standard InChI is InChI=1S/C21H23N3O5/c1-4-29-20(25)15(16-9-7-8-12-22-16)13-23-18(21(26)28-3)14-24-17-10-5-6-11-19(17)27-2/h5-14,23-24H,4H2,1-3H3/b15-13-,18-14+. The lowest BCUT2D eigenvalue weighted by Crippen LogP contribution is -2.20. The molecule has 0 radical (unpaired) electrons. The van der Waals surface area contributed by atoms with Crippen molar-refractivity contribution in [1.29, 1.82) is 0 Å². The van der Waals surface area contributed by atoms with Gasteiger partial charge in [-0.25, -0.2) is 9.59 Å². The highest BCUT2D eigenvalue weighted by Crippen LogP contribution is 2.23. The monoisotopic (exact) mass is 397 g/mol. The average molecular weight is 397 g/mol. The first kappa shape index (κ1) is 21.5. The van der Waals surface area contributed by atoms with Crippen molar-refractivity contribution in [2.75, 3.05) is 26.1 Å². The quantitative estimate of drug-likeness (QED) is 0.492. The molecule has 0 amide bonds. The predicted octanol–water partition coefficient (Wildman–Crippen LogP) is 2.71. The summed E-state index contributed by atoms with van der Waals surface area (Å²) in [4.78, 5) is 28.6. The van der Waals surface area contributed by atoms with E-state index in [9.17, 15) is 9.59 Å². The van der Waals surface area contributed by atoms with Gasteiger partial charge in [0.15, 0.2) is 0 Å². The van der Waals surface area contributed by atoms with Gasteiger partial charge in [-0.05, 0) is 31.2 Å². The number of rotatable bonds is 9. The molecular formula is C21H23N3O5. The summed E-state index contributed by atoms with van der Waals surface area (Å²) >= 11 is 0. The maximum absolute atomic E-state index is 12.3. The van der Waals surface area contributed by atoms with Crippen LogP contribution in [0.5, 0.6) is 5.75 Å². The second-order valence-electron chi connectivity index (χ2n) is 5.53. The molecule has 0 aliphatic rings. The van der Waals surface area contributed by atoms with Crippen LogP contribution in [0.25, 0.3) is 5.57 Å². The van der Waals surface area contributed by atoms with Crippen molar-refractivity contribution in [3.05, 3.63) is 72.5 Å². The van der Waals surface area contributed by atoms with Gasteiger partial charge in [0.25, 0.3) is 0 Å². The summed E-state index contributed by atoms with van der Waals surface area (Å²) in [5, 5.41) is 5.78. The predicted molar refractivity (Wildman–Crippen MR) is 109 cm³/mol. The number of benzene rings is 1. The zero-order valence-corrected chi connectivity index (χ0v) is 16.5. The normalized spacial score (nSPS) is 11.4. The van der Waals surface area contributed by atoms with Gasteiger partial charge in [-0.1, -0.05) is 18.2 Å². The van der Waals surface area contributed by atoms with Crippen LogP contribution < -0.4 is 15.4 Å². The Labute approximate surface area is 169 Å². The number of ether oxygens (including phenoxy) is 3. The first-order valence-corrected chi connectivity index (χ1v) is 8.84. The molecule has 0 aliphatic carbocycles. The van der Waals surface area contributed by atoms with Gasteiger partial charge < -0.3 is 24.8 Å². The van der Waals surface area contributed by atoms with Crippen LogP contribution in [-0.2, 0) is 19.1 Å². The Balaban J connectivity index is 2.31. The molecule has 0 saturated heterocycles. The fraction of sp³-hybridized carbons (Fsp3) is 0.190. The molecular weight excluding hydrogens is 374 g/mol. The lowest BCUT2D eigenvalue weighted by atomic mass is 10.2. The van der Waals surface area contributed by atoms with Gasteiger partial charge in [-0.15, -0.1) is 0 Å². The molecule has 0 fully saturated rings. The summed E-state index contributed by atoms with van der Waals surface area (Å²) in [5.41, 5.74) is 1.29. The fourth-order valence-corrected chi connectivity index (χ4v) is 2.30. The second-order valence-corrected chi connectivity index (χ2v) is 5.53. The molecule has 0 atom stereocenters. The van der Waals surface area contributed by atoms with Crippen LogP contribution in [0.4, 0.5) is 5.69 Å². The molecule has 0 bridgehead atoms. The highest BCUT2D eigenvalue weighted by Gasteiger charge is 2.16. The molecule has 8 heteroatoms. The lowest BCUT2D eigenvalue weighted by Gasteiger charge is -2.11. The maximum Gasteiger partial charge on any atom is 0.355 e. The van der Waals surface area contributed by atoms with E-state index in [0.29, 0.717) is 17.1 Å². The number of carbonyl (C=O) groups excluding carboxylic acids is 2. The van der Waals surface area contributed by atoms with Gasteiger partial charge in [0.1, 0.15) is 17.0 Å². The van der Waals surface area contributed by atoms with Crippen molar-refractivity contribution in [1.82, 2.24) is 10.3 Å². The Morgan fingerprint density at radius 2 is 1.79 bits per heavy atom. The maximum atomic E-state index is 12.3. The summed E-state index contributed by atoms with van der Waals surface area (Å²) in [5.74, 6) is -0.599. The molecule has 0 aliphatic heterocycles. The van der Waals surface area contributed by atoms with E-state index in [1.807, 2.05) is 12.1 Å². The van der Waals surface area contributed by atoms with Crippen LogP contribution in [-0.4, -0.2) is 37.7 Å². The van der Waals surface area contributed by atoms with Crippen molar-refractivity contribution in [2.45, 2.75) is 6.92 Å². The molecule has 1 aromatic carbocycles. The minimum atomic E-state index is -0.632. The second kappa shape index (κ2) is 11.1. The Morgan fingerprint density at radius 1 is 1.03 bits per heavy atom. The molecule has 2 rings (SSSR count). The third-order valence-corrected chi connectivity index (χ3v) is 3.69. The molecule has 1 heterocycles. The van der Waals surface area contributed by atoms with Gasteiger partial charge >= 0.3 is 11.9 Å². The number of anilines is 1. The molecule has 1 aromatic heterocycles. The van der Waals surface area contributed by atoms with E-state index in [4.69, 9.17) is 14.2 Å². The van der Waals surface area contributed by atoms with Gasteiger partial charge in [0.2, 0.25) is 0 Å². The van der Waals surface area contributed by atoms with E-state index in [-0.39, 0.29) is 17.9 Å². The van der Waals surface area contributed by atoms with E-state index in [2.05, 4.69) is 15.6 Å². The minimum Gasteiger partial charge on any atom is -0.495 e. The number of nitrogens with one attached hydrogen (secondary N) is 2. The molecule has 0 saturated carbocycles. The smallest absolute Gasteiger partial charge is 0.355 e. The van der Waals surface area contributed by atoms with E-state index < -0.39 is 11.9 Å². The Morgan fingerprint density at radius 3 is 2.45 bits per heavy atom. The van der Waals surface area contributed by atoms with Crippen LogP contribution in [0, 0.1) is 0 Å². The van der Waals surface area contributed by atoms with Crippen LogP contribution in [0.3, 0.4) is 0 Å². The van der Waals surface area contributed by atoms with Gasteiger partial charge in [0, 0.05) is 18.6 Å². The van der Waals surface area contributed by atoms with Crippen molar-refractivity contribution in [3.63, 3.8) is 0 Å². The number of aromatic nitrogens is 1. The summed E-state index contributed by atoms with van der Waals surface area (Å²) in [6.45, 7) is 1.91. The van der Waals surface area contributed by atoms with E-state index in [0.717, 1.165) is 0 Å². The van der Waals surface area contributed by atoms with Crippen molar-refractivity contribution in [2.24, 2.45) is 0 Å². The topological polar surface area (TPSA) is 98.8 Å². The molecule has 0 unspecified atom stereocenters. The Hall–Kier alpha value is -3.81. The molecule has 8 nitrogen and oxygen atoms in total. The average Bonchev–Trinajstić information content (AvgIpc) is 2.76. The van der Waals surface area contributed by atoms with Crippen LogP contribution in [0.2, 0.25) is 0 Å². The summed E-state index contributed by atoms with van der Waals surface area (Å²) < 4.78 is 15.2. The molecule has 0 spiro atoms. The largest absolute Gasteiger partial charge is 0.495 e. The first-order valence-electron chi connectivity index (χ1n) is 8.84. The Bertz CT molecular complexity index is 894. The number of carbonyl (C=O) groups is 2. The van der Waals surface area contributed by atoms with Crippen molar-refractivity contribution >= 4 is 23.2 Å². The first-order chi connectivity index (χ1) is 14.1. The highest BCUT2D eigenvalue weighted by molar-refractivity contribution is 6.15. The highest BCUT2D eigenvalue weighted by atomic mass is 16.5. The van der Waals surface area contributed by atoms with E-state index in [1.165, 1.54) is 19.5 Å². The van der Waals surface area contributed by atoms with E-state index in [1.54, 1.807) is 50.6 Å². The van der Waals surface area contributed by atoms with Crippen molar-refractivity contribution < 1.29 is 23.8 Å². The molecule has 2 N–H and O–H groups in total. The van der Waals surface area contributed by atoms with Gasteiger partial charge in [0.05, 0.1) is 32.2 Å². The van der Waals surface area contributed by atoms with Crippen molar-refractivity contribution in [3.8, 4) is 5.75 Å². The summed E-state index contributed by atoms with van der Waals surface area (Å²) in [7, 11) is 2.81. The number of hydrogen-bond acceptors (Lipinski definition) is 8. The Kier molecular flexibility index (Phi) is 8.25. The van der Waals surface area contributed by atoms with Gasteiger partial charge in [-0.2, -0.15) is 0 Å². The molecule has 2 aromatic rings. The van der Waals surface area contributed by atoms with Crippen LogP contribution >= 0.6 is 0 Å². The molecule has 152 valence electrons. The van der Waals surface area contributed by atoms with Crippen LogP contribution in [0.1, 0.15) is 12.6 Å². The zero-order chi connectivity index (χ0) is 21.1. The number of pyridine rings is 1. The number of methoxy groups -OCH3 is 2. The van der Waals surface area contributed by atoms with Crippen LogP contribution in [0.15, 0.2) is 66.8 Å². The number of hydrogen-bond donors (Lipinski definition) is 2. The van der Waals surface area contributed by atoms with E-state index >= 15 is 0 Å². The summed E-state index contributed by atoms with van der Waals surface area (Å²) in [6.07, 6.45) is 4.33. The summed E-state index contributed by atoms with van der Waals surface area (Å²) in [6, 6.07) is 12.4. The molecule has 29 heavy (non-hydrogen) atoms. The number of esters is 2.